The van der Waals surface area contributed by atoms with Crippen molar-refractivity contribution in [3.05, 3.63) is 0 Å². The summed E-state index contributed by atoms with van der Waals surface area (Å²) in [6.45, 7) is 2.63. The molecule has 0 saturated carbocycles. The van der Waals surface area contributed by atoms with E-state index in [2.05, 4.69) is 6.92 Å². The number of unbranched alkanes of at least 4 members (excludes halogenated alkanes) is 16. The van der Waals surface area contributed by atoms with Crippen molar-refractivity contribution in [3.63, 3.8) is 0 Å². The maximum atomic E-state index is 8.70. The molecule has 0 spiro atoms. The largest absolute Gasteiger partial charge is 0.396 e. The van der Waals surface area contributed by atoms with Gasteiger partial charge in [-0.2, -0.15) is 0 Å². The van der Waals surface area contributed by atoms with Gasteiger partial charge >= 0.3 is 0 Å². The standard InChI is InChI=1S/C22H46OS2/c1-2-3-4-5-6-7-8-9-10-11-12-13-14-15-16-17-18-21-24-25-22-19-20-23/h23H,2-22H2,1H3. The van der Waals surface area contributed by atoms with E-state index in [0.717, 1.165) is 12.2 Å². The highest BCUT2D eigenvalue weighted by atomic mass is 33.1. The second-order valence-corrected chi connectivity index (χ2v) is 10.1. The first kappa shape index (κ1) is 25.7. The molecule has 0 amide bonds. The van der Waals surface area contributed by atoms with Crippen LogP contribution >= 0.6 is 21.6 Å². The summed E-state index contributed by atoms with van der Waals surface area (Å²) >= 11 is 0. The fraction of sp³-hybridized carbons (Fsp3) is 1.00. The van der Waals surface area contributed by atoms with Crippen LogP contribution in [0.1, 0.15) is 122 Å². The summed E-state index contributed by atoms with van der Waals surface area (Å²) in [6, 6.07) is 0. The summed E-state index contributed by atoms with van der Waals surface area (Å²) in [4.78, 5) is 0. The highest BCUT2D eigenvalue weighted by molar-refractivity contribution is 8.76. The van der Waals surface area contributed by atoms with Crippen molar-refractivity contribution in [1.29, 1.82) is 0 Å². The number of rotatable bonds is 22. The molecular formula is C22H46OS2. The minimum absolute atomic E-state index is 0.340. The molecule has 0 aromatic heterocycles. The lowest BCUT2D eigenvalue weighted by Gasteiger charge is -2.04. The SMILES string of the molecule is CCCCCCCCCCCCCCCCCCCSSCCCO. The molecular weight excluding hydrogens is 344 g/mol. The molecule has 0 aliphatic carbocycles. The lowest BCUT2D eigenvalue weighted by molar-refractivity contribution is 0.296. The van der Waals surface area contributed by atoms with Gasteiger partial charge in [-0.3, -0.25) is 0 Å². The van der Waals surface area contributed by atoms with Crippen LogP contribution in [0.15, 0.2) is 0 Å². The van der Waals surface area contributed by atoms with E-state index in [9.17, 15) is 0 Å². The van der Waals surface area contributed by atoms with Crippen LogP contribution in [-0.4, -0.2) is 23.2 Å². The third-order valence-corrected chi connectivity index (χ3v) is 7.38. The Morgan fingerprint density at radius 1 is 0.440 bits per heavy atom. The van der Waals surface area contributed by atoms with E-state index in [1.165, 1.54) is 115 Å². The first-order chi connectivity index (χ1) is 12.4. The first-order valence-corrected chi connectivity index (χ1v) is 13.8. The molecule has 0 heterocycles. The van der Waals surface area contributed by atoms with Gasteiger partial charge in [0, 0.05) is 18.1 Å². The fourth-order valence-corrected chi connectivity index (χ4v) is 5.35. The predicted molar refractivity (Wildman–Crippen MR) is 121 cm³/mol. The lowest BCUT2D eigenvalue weighted by Crippen LogP contribution is -1.85. The van der Waals surface area contributed by atoms with Gasteiger partial charge in [0.15, 0.2) is 0 Å². The van der Waals surface area contributed by atoms with Gasteiger partial charge in [-0.05, 0) is 12.8 Å². The van der Waals surface area contributed by atoms with Crippen LogP contribution in [0.3, 0.4) is 0 Å². The summed E-state index contributed by atoms with van der Waals surface area (Å²) in [5, 5.41) is 8.70. The summed E-state index contributed by atoms with van der Waals surface area (Å²) in [7, 11) is 3.91. The Balaban J connectivity index is 2.94. The van der Waals surface area contributed by atoms with Crippen LogP contribution in [0, 0.1) is 0 Å². The van der Waals surface area contributed by atoms with E-state index >= 15 is 0 Å². The van der Waals surface area contributed by atoms with Crippen molar-refractivity contribution in [2.24, 2.45) is 0 Å². The molecule has 0 aromatic rings. The van der Waals surface area contributed by atoms with Crippen LogP contribution in [-0.2, 0) is 0 Å². The monoisotopic (exact) mass is 390 g/mol. The Kier molecular flexibility index (Phi) is 25.3. The van der Waals surface area contributed by atoms with E-state index < -0.39 is 0 Å². The average molecular weight is 391 g/mol. The predicted octanol–water partition coefficient (Wildman–Crippen LogP) is 8.40. The summed E-state index contributed by atoms with van der Waals surface area (Å²) in [5.74, 6) is 2.38. The van der Waals surface area contributed by atoms with E-state index in [-0.39, 0.29) is 0 Å². The van der Waals surface area contributed by atoms with Crippen molar-refractivity contribution in [2.75, 3.05) is 18.1 Å². The first-order valence-electron chi connectivity index (χ1n) is 11.3. The molecule has 0 unspecified atom stereocenters. The average Bonchev–Trinajstić information content (AvgIpc) is 2.63. The highest BCUT2D eigenvalue weighted by Gasteiger charge is 1.95. The Morgan fingerprint density at radius 2 is 0.760 bits per heavy atom. The third-order valence-electron chi connectivity index (χ3n) is 4.80. The van der Waals surface area contributed by atoms with Crippen LogP contribution in [0.5, 0.6) is 0 Å². The van der Waals surface area contributed by atoms with Crippen molar-refractivity contribution in [1.82, 2.24) is 0 Å². The van der Waals surface area contributed by atoms with Gasteiger partial charge in [-0.1, -0.05) is 131 Å². The number of aliphatic hydroxyl groups is 1. The smallest absolute Gasteiger partial charge is 0.0439 e. The zero-order valence-electron chi connectivity index (χ0n) is 17.1. The zero-order chi connectivity index (χ0) is 18.3. The van der Waals surface area contributed by atoms with E-state index in [0.29, 0.717) is 6.61 Å². The summed E-state index contributed by atoms with van der Waals surface area (Å²) in [6.07, 6.45) is 25.5. The Morgan fingerprint density at radius 3 is 1.12 bits per heavy atom. The van der Waals surface area contributed by atoms with Crippen LogP contribution < -0.4 is 0 Å². The molecule has 0 rings (SSSR count). The highest BCUT2D eigenvalue weighted by Crippen LogP contribution is 2.23. The van der Waals surface area contributed by atoms with Gasteiger partial charge in [0.1, 0.15) is 0 Å². The summed E-state index contributed by atoms with van der Waals surface area (Å²) in [5.41, 5.74) is 0. The zero-order valence-corrected chi connectivity index (χ0v) is 18.7. The maximum Gasteiger partial charge on any atom is 0.0439 e. The van der Waals surface area contributed by atoms with Gasteiger partial charge in [0.2, 0.25) is 0 Å². The van der Waals surface area contributed by atoms with Gasteiger partial charge < -0.3 is 5.11 Å². The normalized spacial score (nSPS) is 11.3. The van der Waals surface area contributed by atoms with Gasteiger partial charge in [-0.15, -0.1) is 0 Å². The molecule has 3 heteroatoms. The minimum Gasteiger partial charge on any atom is -0.396 e. The molecule has 0 aliphatic heterocycles. The quantitative estimate of drug-likeness (QED) is 0.148. The topological polar surface area (TPSA) is 20.2 Å². The van der Waals surface area contributed by atoms with Crippen molar-refractivity contribution in [2.45, 2.75) is 122 Å². The number of hydrogen-bond donors (Lipinski definition) is 1. The minimum atomic E-state index is 0.340. The Bertz CT molecular complexity index is 202. The van der Waals surface area contributed by atoms with Gasteiger partial charge in [0.05, 0.1) is 0 Å². The molecule has 0 fully saturated rings. The van der Waals surface area contributed by atoms with Gasteiger partial charge in [-0.25, -0.2) is 0 Å². The second-order valence-electron chi connectivity index (χ2n) is 7.38. The van der Waals surface area contributed by atoms with E-state index in [4.69, 9.17) is 5.11 Å². The Hall–Kier alpha value is 0.660. The number of aliphatic hydroxyl groups excluding tert-OH is 1. The molecule has 152 valence electrons. The maximum absolute atomic E-state index is 8.70. The van der Waals surface area contributed by atoms with Crippen LogP contribution in [0.4, 0.5) is 0 Å². The molecule has 0 aliphatic rings. The van der Waals surface area contributed by atoms with Crippen molar-refractivity contribution >= 4 is 21.6 Å². The van der Waals surface area contributed by atoms with Crippen LogP contribution in [0.2, 0.25) is 0 Å². The molecule has 1 N–H and O–H groups in total. The summed E-state index contributed by atoms with van der Waals surface area (Å²) < 4.78 is 0. The lowest BCUT2D eigenvalue weighted by atomic mass is 10.0. The molecule has 1 nitrogen and oxygen atoms in total. The van der Waals surface area contributed by atoms with E-state index in [1.807, 2.05) is 21.6 Å². The van der Waals surface area contributed by atoms with Gasteiger partial charge in [0.25, 0.3) is 0 Å². The van der Waals surface area contributed by atoms with Crippen molar-refractivity contribution in [3.8, 4) is 0 Å². The van der Waals surface area contributed by atoms with Crippen molar-refractivity contribution < 1.29 is 5.11 Å². The molecule has 0 saturated heterocycles. The van der Waals surface area contributed by atoms with Crippen LogP contribution in [0.25, 0.3) is 0 Å². The fourth-order valence-electron chi connectivity index (χ4n) is 3.13. The molecule has 25 heavy (non-hydrogen) atoms. The molecule has 0 atom stereocenters. The third kappa shape index (κ3) is 24.7. The van der Waals surface area contributed by atoms with E-state index in [1.54, 1.807) is 0 Å². The Labute approximate surface area is 167 Å². The second kappa shape index (κ2) is 24.7. The number of hydrogen-bond acceptors (Lipinski definition) is 3. The molecule has 0 radical (unpaired) electrons. The molecule has 0 aromatic carbocycles. The molecule has 0 bridgehead atoms.